The van der Waals surface area contributed by atoms with Crippen LogP contribution in [0.15, 0.2) is 23.2 Å². The molecular formula is C12H15NO2. The number of aryl methyl sites for hydroxylation is 1. The lowest BCUT2D eigenvalue weighted by Crippen LogP contribution is -1.96. The van der Waals surface area contributed by atoms with Crippen molar-refractivity contribution in [3.05, 3.63) is 29.3 Å². The van der Waals surface area contributed by atoms with Crippen molar-refractivity contribution in [2.24, 2.45) is 4.99 Å². The fourth-order valence-electron chi connectivity index (χ4n) is 1.61. The van der Waals surface area contributed by atoms with Crippen molar-refractivity contribution in [2.45, 2.75) is 26.3 Å². The highest BCUT2D eigenvalue weighted by molar-refractivity contribution is 5.43. The molecule has 0 aliphatic heterocycles. The number of nitrogens with zero attached hydrogens (tertiary/aromatic N) is 1. The summed E-state index contributed by atoms with van der Waals surface area (Å²) < 4.78 is 5.34. The van der Waals surface area contributed by atoms with Crippen LogP contribution in [0.1, 0.15) is 24.5 Å². The van der Waals surface area contributed by atoms with Gasteiger partial charge in [0, 0.05) is 5.56 Å². The van der Waals surface area contributed by atoms with Gasteiger partial charge in [0.2, 0.25) is 6.08 Å². The summed E-state index contributed by atoms with van der Waals surface area (Å²) in [4.78, 5) is 13.6. The van der Waals surface area contributed by atoms with E-state index in [9.17, 15) is 4.79 Å². The molecule has 80 valence electrons. The molecule has 0 amide bonds. The zero-order valence-electron chi connectivity index (χ0n) is 9.12. The Bertz CT molecular complexity index is 368. The molecule has 0 fully saturated rings. The highest BCUT2D eigenvalue weighted by Gasteiger charge is 2.07. The van der Waals surface area contributed by atoms with Crippen molar-refractivity contribution in [1.82, 2.24) is 0 Å². The number of carbonyl (C=O) groups excluding carboxylic acids is 1. The Hall–Kier alpha value is -1.60. The molecule has 3 heteroatoms. The zero-order valence-corrected chi connectivity index (χ0v) is 9.12. The molecule has 0 atom stereocenters. The third-order valence-electron chi connectivity index (χ3n) is 2.22. The van der Waals surface area contributed by atoms with E-state index in [1.54, 1.807) is 7.11 Å². The molecule has 0 aromatic heterocycles. The molecular weight excluding hydrogens is 190 g/mol. The van der Waals surface area contributed by atoms with Gasteiger partial charge in [-0.15, -0.1) is 0 Å². The van der Waals surface area contributed by atoms with E-state index in [0.29, 0.717) is 6.54 Å². The van der Waals surface area contributed by atoms with Crippen LogP contribution in [0.2, 0.25) is 0 Å². The van der Waals surface area contributed by atoms with Crippen molar-refractivity contribution < 1.29 is 9.53 Å². The monoisotopic (exact) mass is 205 g/mol. The average molecular weight is 205 g/mol. The summed E-state index contributed by atoms with van der Waals surface area (Å²) in [6.45, 7) is 2.46. The molecule has 0 spiro atoms. The summed E-state index contributed by atoms with van der Waals surface area (Å²) in [5.74, 6) is 0.846. The zero-order chi connectivity index (χ0) is 11.1. The van der Waals surface area contributed by atoms with Gasteiger partial charge in [-0.05, 0) is 12.0 Å². The largest absolute Gasteiger partial charge is 0.496 e. The van der Waals surface area contributed by atoms with E-state index in [-0.39, 0.29) is 0 Å². The second kappa shape index (κ2) is 5.99. The molecule has 0 saturated carbocycles. The van der Waals surface area contributed by atoms with Crippen molar-refractivity contribution in [3.8, 4) is 5.75 Å². The molecule has 15 heavy (non-hydrogen) atoms. The number of methoxy groups -OCH3 is 1. The van der Waals surface area contributed by atoms with Crippen LogP contribution < -0.4 is 4.74 Å². The maximum Gasteiger partial charge on any atom is 0.235 e. The van der Waals surface area contributed by atoms with Gasteiger partial charge in [0.1, 0.15) is 5.75 Å². The molecule has 3 nitrogen and oxygen atoms in total. The van der Waals surface area contributed by atoms with E-state index in [4.69, 9.17) is 4.74 Å². The van der Waals surface area contributed by atoms with E-state index in [1.165, 1.54) is 11.6 Å². The van der Waals surface area contributed by atoms with Gasteiger partial charge in [-0.2, -0.15) is 0 Å². The third-order valence-corrected chi connectivity index (χ3v) is 2.22. The number of hydrogen-bond acceptors (Lipinski definition) is 3. The summed E-state index contributed by atoms with van der Waals surface area (Å²) in [7, 11) is 1.64. The van der Waals surface area contributed by atoms with Gasteiger partial charge in [0.25, 0.3) is 0 Å². The molecule has 1 rings (SSSR count). The molecule has 1 aromatic carbocycles. The van der Waals surface area contributed by atoms with E-state index in [1.807, 2.05) is 18.2 Å². The van der Waals surface area contributed by atoms with Gasteiger partial charge in [-0.3, -0.25) is 0 Å². The first-order valence-corrected chi connectivity index (χ1v) is 5.01. The van der Waals surface area contributed by atoms with Crippen molar-refractivity contribution in [3.63, 3.8) is 0 Å². The second-order valence-corrected chi connectivity index (χ2v) is 3.27. The van der Waals surface area contributed by atoms with Crippen molar-refractivity contribution in [2.75, 3.05) is 7.11 Å². The Morgan fingerprint density at radius 1 is 1.40 bits per heavy atom. The molecule has 0 heterocycles. The van der Waals surface area contributed by atoms with Crippen molar-refractivity contribution in [1.29, 1.82) is 0 Å². The van der Waals surface area contributed by atoms with E-state index < -0.39 is 0 Å². The Morgan fingerprint density at radius 2 is 2.13 bits per heavy atom. The third kappa shape index (κ3) is 2.93. The number of benzene rings is 1. The number of aliphatic imine (C=N–C) groups is 1. The lowest BCUT2D eigenvalue weighted by molar-refractivity contribution is 0.404. The molecule has 0 radical (unpaired) electrons. The Kier molecular flexibility index (Phi) is 4.58. The van der Waals surface area contributed by atoms with Gasteiger partial charge in [-0.1, -0.05) is 31.5 Å². The standard InChI is InChI=1S/C12H15NO2/c1-3-5-10-6-4-7-11(8-13-9-14)12(10)15-2/h4,6-7H,3,5,8H2,1-2H3. The fraction of sp³-hybridized carbons (Fsp3) is 0.417. The Labute approximate surface area is 89.8 Å². The first-order valence-electron chi connectivity index (χ1n) is 5.01. The predicted molar refractivity (Wildman–Crippen MR) is 58.8 cm³/mol. The van der Waals surface area contributed by atoms with Gasteiger partial charge < -0.3 is 4.74 Å². The SMILES string of the molecule is CCCc1cccc(CN=C=O)c1OC. The summed E-state index contributed by atoms with van der Waals surface area (Å²) in [5.41, 5.74) is 2.10. The predicted octanol–water partition coefficient (Wildman–Crippen LogP) is 2.48. The second-order valence-electron chi connectivity index (χ2n) is 3.27. The minimum Gasteiger partial charge on any atom is -0.496 e. The fourth-order valence-corrected chi connectivity index (χ4v) is 1.61. The van der Waals surface area contributed by atoms with Crippen LogP contribution >= 0.6 is 0 Å². The highest BCUT2D eigenvalue weighted by Crippen LogP contribution is 2.25. The molecule has 0 N–H and O–H groups in total. The smallest absolute Gasteiger partial charge is 0.235 e. The van der Waals surface area contributed by atoms with Crippen LogP contribution in [0.4, 0.5) is 0 Å². The van der Waals surface area contributed by atoms with Gasteiger partial charge >= 0.3 is 0 Å². The number of hydrogen-bond donors (Lipinski definition) is 0. The molecule has 0 aliphatic carbocycles. The van der Waals surface area contributed by atoms with Gasteiger partial charge in [-0.25, -0.2) is 9.79 Å². The first kappa shape index (κ1) is 11.5. The summed E-state index contributed by atoms with van der Waals surface area (Å²) in [6.07, 6.45) is 3.58. The summed E-state index contributed by atoms with van der Waals surface area (Å²) in [6, 6.07) is 5.92. The van der Waals surface area contributed by atoms with Crippen LogP contribution in [0.25, 0.3) is 0 Å². The van der Waals surface area contributed by atoms with Crippen LogP contribution in [0.5, 0.6) is 5.75 Å². The number of ether oxygens (including phenoxy) is 1. The maximum absolute atomic E-state index is 10.1. The lowest BCUT2D eigenvalue weighted by atomic mass is 10.0. The molecule has 0 unspecified atom stereocenters. The quantitative estimate of drug-likeness (QED) is 0.547. The topological polar surface area (TPSA) is 38.7 Å². The number of rotatable bonds is 5. The van der Waals surface area contributed by atoms with E-state index >= 15 is 0 Å². The Morgan fingerprint density at radius 3 is 2.73 bits per heavy atom. The summed E-state index contributed by atoms with van der Waals surface area (Å²) >= 11 is 0. The molecule has 1 aromatic rings. The minimum absolute atomic E-state index is 0.338. The minimum atomic E-state index is 0.338. The van der Waals surface area contributed by atoms with Crippen LogP contribution in [-0.4, -0.2) is 13.2 Å². The van der Waals surface area contributed by atoms with Crippen LogP contribution in [0.3, 0.4) is 0 Å². The maximum atomic E-state index is 10.1. The highest BCUT2D eigenvalue weighted by atomic mass is 16.5. The van der Waals surface area contributed by atoms with E-state index in [0.717, 1.165) is 24.2 Å². The molecule has 0 aliphatic rings. The first-order chi connectivity index (χ1) is 7.33. The number of isocyanates is 1. The molecule has 0 saturated heterocycles. The van der Waals surface area contributed by atoms with Gasteiger partial charge in [0.05, 0.1) is 13.7 Å². The van der Waals surface area contributed by atoms with Crippen molar-refractivity contribution >= 4 is 6.08 Å². The summed E-state index contributed by atoms with van der Waals surface area (Å²) in [5, 5.41) is 0. The van der Waals surface area contributed by atoms with Crippen LogP contribution in [0, 0.1) is 0 Å². The normalized spacial score (nSPS) is 9.47. The van der Waals surface area contributed by atoms with Crippen LogP contribution in [-0.2, 0) is 17.8 Å². The lowest BCUT2D eigenvalue weighted by Gasteiger charge is -2.11. The van der Waals surface area contributed by atoms with E-state index in [2.05, 4.69) is 11.9 Å². The average Bonchev–Trinajstić information content (AvgIpc) is 2.27. The number of para-hydroxylation sites is 1. The molecule has 0 bridgehead atoms. The Balaban J connectivity index is 3.03. The van der Waals surface area contributed by atoms with Gasteiger partial charge in [0.15, 0.2) is 0 Å².